The second-order valence-electron chi connectivity index (χ2n) is 5.67. The molecular weight excluding hydrogens is 362 g/mol. The molecule has 4 nitrogen and oxygen atoms in total. The minimum absolute atomic E-state index is 0.0989. The molecule has 0 aliphatic heterocycles. The molecule has 0 bridgehead atoms. The van der Waals surface area contributed by atoms with Crippen LogP contribution in [0.2, 0.25) is 0 Å². The molecule has 0 aromatic heterocycles. The summed E-state index contributed by atoms with van der Waals surface area (Å²) in [6.07, 6.45) is 6.14. The second kappa shape index (κ2) is 8.48. The Hall–Kier alpha value is -1.14. The van der Waals surface area contributed by atoms with E-state index >= 15 is 0 Å². The van der Waals surface area contributed by atoms with Gasteiger partial charge in [0.05, 0.1) is 6.54 Å². The molecule has 2 rings (SSSR count). The second-order valence-corrected chi connectivity index (χ2v) is 6.99. The first-order valence-corrected chi connectivity index (χ1v) is 8.85. The predicted octanol–water partition coefficient (Wildman–Crippen LogP) is 3.49. The van der Waals surface area contributed by atoms with Crippen molar-refractivity contribution in [2.45, 2.75) is 45.1 Å². The lowest BCUT2D eigenvalue weighted by Crippen LogP contribution is -2.45. The van der Waals surface area contributed by atoms with Gasteiger partial charge in [0.25, 0.3) is 0 Å². The average Bonchev–Trinajstić information content (AvgIpc) is 2.49. The Morgan fingerprint density at radius 3 is 2.73 bits per heavy atom. The molecule has 0 unspecified atom stereocenters. The van der Waals surface area contributed by atoms with Crippen LogP contribution in [0.3, 0.4) is 0 Å². The van der Waals surface area contributed by atoms with Crippen LogP contribution in [0.5, 0.6) is 0 Å². The van der Waals surface area contributed by atoms with Crippen LogP contribution in [0.15, 0.2) is 22.7 Å². The molecule has 1 fully saturated rings. The van der Waals surface area contributed by atoms with E-state index in [0.717, 1.165) is 28.6 Å². The predicted molar refractivity (Wildman–Crippen MR) is 98.1 cm³/mol. The van der Waals surface area contributed by atoms with Crippen LogP contribution in [-0.4, -0.2) is 23.6 Å². The number of nitrogens with one attached hydrogen (secondary N) is 3. The summed E-state index contributed by atoms with van der Waals surface area (Å²) >= 11 is 8.66. The maximum absolute atomic E-state index is 12.0. The van der Waals surface area contributed by atoms with E-state index in [9.17, 15) is 4.79 Å². The van der Waals surface area contributed by atoms with Gasteiger partial charge in [-0.25, -0.2) is 0 Å². The number of benzene rings is 1. The van der Waals surface area contributed by atoms with E-state index in [2.05, 4.69) is 31.9 Å². The number of amides is 1. The first-order valence-electron chi connectivity index (χ1n) is 7.65. The first-order chi connectivity index (χ1) is 10.5. The van der Waals surface area contributed by atoms with Crippen LogP contribution in [0.4, 0.5) is 5.69 Å². The van der Waals surface area contributed by atoms with Crippen molar-refractivity contribution in [3.05, 3.63) is 28.2 Å². The zero-order chi connectivity index (χ0) is 15.9. The summed E-state index contributed by atoms with van der Waals surface area (Å²) in [6.45, 7) is 2.14. The largest absolute Gasteiger partial charge is 0.360 e. The quantitative estimate of drug-likeness (QED) is 0.696. The Morgan fingerprint density at radius 1 is 1.32 bits per heavy atom. The normalized spacial score (nSPS) is 15.2. The van der Waals surface area contributed by atoms with Crippen LogP contribution in [0.25, 0.3) is 0 Å². The highest BCUT2D eigenvalue weighted by molar-refractivity contribution is 9.10. The Kier molecular flexibility index (Phi) is 6.64. The topological polar surface area (TPSA) is 53.2 Å². The monoisotopic (exact) mass is 383 g/mol. The molecule has 0 radical (unpaired) electrons. The lowest BCUT2D eigenvalue weighted by molar-refractivity contribution is -0.115. The van der Waals surface area contributed by atoms with Gasteiger partial charge in [-0.15, -0.1) is 0 Å². The van der Waals surface area contributed by atoms with Crippen molar-refractivity contribution >= 4 is 44.9 Å². The summed E-state index contributed by atoms with van der Waals surface area (Å²) in [4.78, 5) is 12.0. The Bertz CT molecular complexity index is 544. The minimum Gasteiger partial charge on any atom is -0.360 e. The van der Waals surface area contributed by atoms with E-state index in [1.54, 1.807) is 0 Å². The van der Waals surface area contributed by atoms with E-state index in [-0.39, 0.29) is 12.5 Å². The fraction of sp³-hybridized carbons (Fsp3) is 0.500. The van der Waals surface area contributed by atoms with Crippen LogP contribution in [-0.2, 0) is 4.79 Å². The van der Waals surface area contributed by atoms with Gasteiger partial charge in [0.2, 0.25) is 5.91 Å². The smallest absolute Gasteiger partial charge is 0.243 e. The van der Waals surface area contributed by atoms with Crippen molar-refractivity contribution in [1.29, 1.82) is 0 Å². The molecule has 1 amide bonds. The minimum atomic E-state index is -0.0989. The number of anilines is 1. The molecule has 0 atom stereocenters. The Balaban J connectivity index is 1.73. The summed E-state index contributed by atoms with van der Waals surface area (Å²) in [6, 6.07) is 6.21. The molecule has 1 aliphatic carbocycles. The van der Waals surface area contributed by atoms with Gasteiger partial charge in [0, 0.05) is 16.2 Å². The fourth-order valence-electron chi connectivity index (χ4n) is 2.61. The molecule has 1 aliphatic rings. The fourth-order valence-corrected chi connectivity index (χ4v) is 3.32. The average molecular weight is 384 g/mol. The van der Waals surface area contributed by atoms with Crippen molar-refractivity contribution < 1.29 is 4.79 Å². The SMILES string of the molecule is Cc1cc(Br)ccc1NC(=O)CNC(=S)NC1CCCCC1. The number of halogens is 1. The summed E-state index contributed by atoms with van der Waals surface area (Å²) in [5, 5.41) is 9.72. The molecule has 0 saturated heterocycles. The van der Waals surface area contributed by atoms with Crippen molar-refractivity contribution in [3.63, 3.8) is 0 Å². The van der Waals surface area contributed by atoms with Gasteiger partial charge in [-0.05, 0) is 55.7 Å². The van der Waals surface area contributed by atoms with Crippen molar-refractivity contribution in [3.8, 4) is 0 Å². The van der Waals surface area contributed by atoms with Gasteiger partial charge in [0.1, 0.15) is 0 Å². The van der Waals surface area contributed by atoms with E-state index in [4.69, 9.17) is 12.2 Å². The standard InChI is InChI=1S/C16H22BrN3OS/c1-11-9-12(17)7-8-14(11)20-15(21)10-18-16(22)19-13-5-3-2-4-6-13/h7-9,13H,2-6,10H2,1H3,(H,20,21)(H2,18,19,22). The van der Waals surface area contributed by atoms with Gasteiger partial charge in [0.15, 0.2) is 5.11 Å². The Labute approximate surface area is 145 Å². The molecule has 1 aromatic carbocycles. The third kappa shape index (κ3) is 5.57. The van der Waals surface area contributed by atoms with E-state index in [1.165, 1.54) is 19.3 Å². The van der Waals surface area contributed by atoms with Crippen LogP contribution < -0.4 is 16.0 Å². The van der Waals surface area contributed by atoms with Gasteiger partial charge in [-0.2, -0.15) is 0 Å². The number of hydrogen-bond acceptors (Lipinski definition) is 2. The van der Waals surface area contributed by atoms with Crippen molar-refractivity contribution in [2.24, 2.45) is 0 Å². The summed E-state index contributed by atoms with van der Waals surface area (Å²) in [5.41, 5.74) is 1.84. The highest BCUT2D eigenvalue weighted by atomic mass is 79.9. The van der Waals surface area contributed by atoms with Crippen LogP contribution in [0, 0.1) is 6.92 Å². The maximum atomic E-state index is 12.0. The van der Waals surface area contributed by atoms with Gasteiger partial charge >= 0.3 is 0 Å². The zero-order valence-corrected chi connectivity index (χ0v) is 15.1. The van der Waals surface area contributed by atoms with Crippen LogP contribution >= 0.6 is 28.1 Å². The summed E-state index contributed by atoms with van der Waals surface area (Å²) in [7, 11) is 0. The molecule has 22 heavy (non-hydrogen) atoms. The van der Waals surface area contributed by atoms with Crippen molar-refractivity contribution in [1.82, 2.24) is 10.6 Å². The molecule has 120 valence electrons. The van der Waals surface area contributed by atoms with Crippen LogP contribution in [0.1, 0.15) is 37.7 Å². The molecule has 3 N–H and O–H groups in total. The highest BCUT2D eigenvalue weighted by Gasteiger charge is 2.14. The molecule has 0 heterocycles. The number of carbonyl (C=O) groups excluding carboxylic acids is 1. The third-order valence-corrected chi connectivity index (χ3v) is 4.57. The lowest BCUT2D eigenvalue weighted by atomic mass is 9.96. The Morgan fingerprint density at radius 2 is 2.05 bits per heavy atom. The lowest BCUT2D eigenvalue weighted by Gasteiger charge is -2.24. The van der Waals surface area contributed by atoms with Gasteiger partial charge in [-0.3, -0.25) is 4.79 Å². The van der Waals surface area contributed by atoms with Crippen molar-refractivity contribution in [2.75, 3.05) is 11.9 Å². The number of aryl methyl sites for hydroxylation is 1. The molecule has 0 spiro atoms. The molecule has 6 heteroatoms. The summed E-state index contributed by atoms with van der Waals surface area (Å²) < 4.78 is 0.999. The molecule has 1 aromatic rings. The van der Waals surface area contributed by atoms with E-state index in [1.807, 2.05) is 25.1 Å². The first kappa shape index (κ1) is 17.2. The number of thiocarbonyl (C=S) groups is 1. The van der Waals surface area contributed by atoms with Gasteiger partial charge < -0.3 is 16.0 Å². The van der Waals surface area contributed by atoms with Gasteiger partial charge in [-0.1, -0.05) is 35.2 Å². The summed E-state index contributed by atoms with van der Waals surface area (Å²) in [5.74, 6) is -0.0989. The molecule has 1 saturated carbocycles. The maximum Gasteiger partial charge on any atom is 0.243 e. The zero-order valence-electron chi connectivity index (χ0n) is 12.7. The van der Waals surface area contributed by atoms with E-state index in [0.29, 0.717) is 11.2 Å². The number of rotatable bonds is 4. The van der Waals surface area contributed by atoms with E-state index < -0.39 is 0 Å². The molecular formula is C16H22BrN3OS. The third-order valence-electron chi connectivity index (χ3n) is 3.81. The highest BCUT2D eigenvalue weighted by Crippen LogP contribution is 2.20. The number of carbonyl (C=O) groups is 1. The number of hydrogen-bond donors (Lipinski definition) is 3.